The van der Waals surface area contributed by atoms with Crippen LogP contribution in [0.1, 0.15) is 18.7 Å². The Kier molecular flexibility index (Phi) is 5.86. The molecular formula is C24H24N8O2. The zero-order chi connectivity index (χ0) is 23.5. The summed E-state index contributed by atoms with van der Waals surface area (Å²) in [4.78, 5) is 39.2. The number of aromatic amines is 1. The van der Waals surface area contributed by atoms with E-state index in [9.17, 15) is 9.59 Å². The van der Waals surface area contributed by atoms with Gasteiger partial charge in [-0.3, -0.25) is 14.2 Å². The first kappa shape index (κ1) is 21.5. The van der Waals surface area contributed by atoms with Gasteiger partial charge in [-0.2, -0.15) is 5.10 Å². The molecule has 10 nitrogen and oxygen atoms in total. The number of piperidine rings is 1. The number of H-pyrrole nitrogens is 1. The highest BCUT2D eigenvalue weighted by atomic mass is 16.2. The lowest BCUT2D eigenvalue weighted by atomic mass is 9.95. The summed E-state index contributed by atoms with van der Waals surface area (Å²) >= 11 is 0. The molecule has 0 aliphatic carbocycles. The molecule has 5 rings (SSSR count). The van der Waals surface area contributed by atoms with Crippen LogP contribution in [0, 0.1) is 12.8 Å². The third-order valence-corrected chi connectivity index (χ3v) is 6.03. The molecule has 1 amide bonds. The normalized spacial score (nSPS) is 14.2. The predicted octanol–water partition coefficient (Wildman–Crippen LogP) is 2.58. The van der Waals surface area contributed by atoms with Crippen LogP contribution < -0.4 is 15.8 Å². The van der Waals surface area contributed by atoms with Crippen LogP contribution in [0.25, 0.3) is 17.1 Å². The molecule has 0 atom stereocenters. The van der Waals surface area contributed by atoms with E-state index >= 15 is 0 Å². The molecule has 34 heavy (non-hydrogen) atoms. The third kappa shape index (κ3) is 4.56. The van der Waals surface area contributed by atoms with Crippen molar-refractivity contribution in [2.45, 2.75) is 19.8 Å². The summed E-state index contributed by atoms with van der Waals surface area (Å²) in [5.74, 6) is 2.45. The van der Waals surface area contributed by atoms with Gasteiger partial charge in [-0.25, -0.2) is 20.1 Å². The minimum atomic E-state index is -0.243. The van der Waals surface area contributed by atoms with E-state index < -0.39 is 0 Å². The second-order valence-electron chi connectivity index (χ2n) is 8.21. The maximum Gasteiger partial charge on any atom is 0.264 e. The molecule has 0 radical (unpaired) electrons. The smallest absolute Gasteiger partial charge is 0.264 e. The number of anilines is 2. The number of rotatable bonds is 5. The Labute approximate surface area is 195 Å². The summed E-state index contributed by atoms with van der Waals surface area (Å²) < 4.78 is 1.92. The number of aromatic nitrogens is 6. The van der Waals surface area contributed by atoms with Crippen LogP contribution in [-0.4, -0.2) is 48.7 Å². The van der Waals surface area contributed by atoms with Crippen LogP contribution in [0.5, 0.6) is 0 Å². The number of amides is 1. The van der Waals surface area contributed by atoms with E-state index in [1.165, 1.54) is 6.07 Å². The van der Waals surface area contributed by atoms with Crippen LogP contribution in [0.4, 0.5) is 11.5 Å². The SMILES string of the molecule is Cc1nccn1-c1cc(N2CCC(C(=O)Nc3ccc(-c4ccc(=O)[nH]n4)cc3)CC2)ncn1. The van der Waals surface area contributed by atoms with E-state index in [0.29, 0.717) is 5.69 Å². The Hall–Kier alpha value is -4.34. The fourth-order valence-electron chi connectivity index (χ4n) is 4.11. The van der Waals surface area contributed by atoms with Gasteiger partial charge in [0.05, 0.1) is 5.69 Å². The quantitative estimate of drug-likeness (QED) is 0.473. The molecule has 4 aromatic rings. The number of benzene rings is 1. The van der Waals surface area contributed by atoms with E-state index in [0.717, 1.165) is 54.6 Å². The Bertz CT molecular complexity index is 1330. The Balaban J connectivity index is 1.18. The maximum absolute atomic E-state index is 12.8. The third-order valence-electron chi connectivity index (χ3n) is 6.03. The van der Waals surface area contributed by atoms with E-state index in [2.05, 4.69) is 35.4 Å². The van der Waals surface area contributed by atoms with Crippen molar-refractivity contribution in [2.24, 2.45) is 5.92 Å². The number of aryl methyl sites for hydroxylation is 1. The van der Waals surface area contributed by atoms with Gasteiger partial charge in [0.15, 0.2) is 0 Å². The molecular weight excluding hydrogens is 432 g/mol. The summed E-state index contributed by atoms with van der Waals surface area (Å²) in [6.07, 6.45) is 6.68. The zero-order valence-corrected chi connectivity index (χ0v) is 18.7. The number of carbonyl (C=O) groups excluding carboxylic acids is 1. The Morgan fingerprint density at radius 1 is 1.03 bits per heavy atom. The van der Waals surface area contributed by atoms with Gasteiger partial charge in [0.25, 0.3) is 5.56 Å². The van der Waals surface area contributed by atoms with Crippen molar-refractivity contribution in [1.82, 2.24) is 29.7 Å². The Morgan fingerprint density at radius 2 is 1.79 bits per heavy atom. The summed E-state index contributed by atoms with van der Waals surface area (Å²) in [6, 6.07) is 12.5. The summed E-state index contributed by atoms with van der Waals surface area (Å²) in [7, 11) is 0. The number of hydrogen-bond donors (Lipinski definition) is 2. The lowest BCUT2D eigenvalue weighted by Gasteiger charge is -2.32. The Morgan fingerprint density at radius 3 is 2.47 bits per heavy atom. The van der Waals surface area contributed by atoms with Gasteiger partial charge >= 0.3 is 0 Å². The molecule has 4 heterocycles. The van der Waals surface area contributed by atoms with Gasteiger partial charge in [0.1, 0.15) is 23.8 Å². The summed E-state index contributed by atoms with van der Waals surface area (Å²) in [5.41, 5.74) is 2.02. The topological polar surface area (TPSA) is 122 Å². The minimum Gasteiger partial charge on any atom is -0.356 e. The van der Waals surface area contributed by atoms with Gasteiger partial charge in [-0.05, 0) is 38.0 Å². The average Bonchev–Trinajstić information content (AvgIpc) is 3.31. The van der Waals surface area contributed by atoms with Crippen molar-refractivity contribution in [3.8, 4) is 17.1 Å². The van der Waals surface area contributed by atoms with Crippen LogP contribution >= 0.6 is 0 Å². The first-order chi connectivity index (χ1) is 16.6. The second kappa shape index (κ2) is 9.26. The second-order valence-corrected chi connectivity index (χ2v) is 8.21. The van der Waals surface area contributed by atoms with Crippen molar-refractivity contribution in [3.63, 3.8) is 0 Å². The molecule has 1 aliphatic rings. The largest absolute Gasteiger partial charge is 0.356 e. The average molecular weight is 457 g/mol. The molecule has 0 saturated carbocycles. The van der Waals surface area contributed by atoms with Crippen molar-refractivity contribution in [2.75, 3.05) is 23.3 Å². The molecule has 1 aromatic carbocycles. The lowest BCUT2D eigenvalue weighted by molar-refractivity contribution is -0.120. The van der Waals surface area contributed by atoms with E-state index in [1.54, 1.807) is 18.6 Å². The lowest BCUT2D eigenvalue weighted by Crippen LogP contribution is -2.38. The van der Waals surface area contributed by atoms with E-state index in [-0.39, 0.29) is 17.4 Å². The molecule has 1 aliphatic heterocycles. The molecule has 1 fully saturated rings. The molecule has 1 saturated heterocycles. The monoisotopic (exact) mass is 456 g/mol. The highest BCUT2D eigenvalue weighted by molar-refractivity contribution is 5.93. The molecule has 0 bridgehead atoms. The fourth-order valence-corrected chi connectivity index (χ4v) is 4.11. The standard InChI is InChI=1S/C24H24N8O2/c1-16-25-10-13-32(16)22-14-21(26-15-27-22)31-11-8-18(9-12-31)24(34)28-19-4-2-17(3-5-19)20-6-7-23(33)30-29-20/h2-7,10,13-15,18H,8-9,11-12H2,1H3,(H,28,34)(H,30,33). The van der Waals surface area contributed by atoms with Crippen molar-refractivity contribution >= 4 is 17.4 Å². The predicted molar refractivity (Wildman–Crippen MR) is 128 cm³/mol. The number of hydrogen-bond acceptors (Lipinski definition) is 7. The number of nitrogens with zero attached hydrogens (tertiary/aromatic N) is 6. The molecule has 2 N–H and O–H groups in total. The van der Waals surface area contributed by atoms with Gasteiger partial charge in [-0.15, -0.1) is 0 Å². The van der Waals surface area contributed by atoms with Gasteiger partial charge < -0.3 is 10.2 Å². The zero-order valence-electron chi connectivity index (χ0n) is 18.7. The number of nitrogens with one attached hydrogen (secondary N) is 2. The van der Waals surface area contributed by atoms with Crippen molar-refractivity contribution < 1.29 is 4.79 Å². The fraction of sp³-hybridized carbons (Fsp3) is 0.250. The van der Waals surface area contributed by atoms with Crippen molar-refractivity contribution in [3.05, 3.63) is 77.4 Å². The molecule has 0 spiro atoms. The van der Waals surface area contributed by atoms with E-state index in [4.69, 9.17) is 0 Å². The van der Waals surface area contributed by atoms with Crippen LogP contribution in [0.15, 0.2) is 66.0 Å². The first-order valence-corrected chi connectivity index (χ1v) is 11.1. The minimum absolute atomic E-state index is 0.0204. The molecule has 3 aromatic heterocycles. The number of carbonyl (C=O) groups is 1. The van der Waals surface area contributed by atoms with Crippen LogP contribution in [0.3, 0.4) is 0 Å². The summed E-state index contributed by atoms with van der Waals surface area (Å²) in [6.45, 7) is 3.42. The number of imidazole rings is 1. The summed E-state index contributed by atoms with van der Waals surface area (Å²) in [5, 5.41) is 9.47. The molecule has 10 heteroatoms. The van der Waals surface area contributed by atoms with Gasteiger partial charge in [0.2, 0.25) is 5.91 Å². The highest BCUT2D eigenvalue weighted by Crippen LogP contribution is 2.25. The molecule has 172 valence electrons. The molecule has 0 unspecified atom stereocenters. The van der Waals surface area contributed by atoms with Crippen molar-refractivity contribution in [1.29, 1.82) is 0 Å². The van der Waals surface area contributed by atoms with E-state index in [1.807, 2.05) is 48.0 Å². The van der Waals surface area contributed by atoms with Crippen LogP contribution in [0.2, 0.25) is 0 Å². The highest BCUT2D eigenvalue weighted by Gasteiger charge is 2.26. The van der Waals surface area contributed by atoms with Gasteiger partial charge in [0, 0.05) is 54.8 Å². The van der Waals surface area contributed by atoms with Gasteiger partial charge in [-0.1, -0.05) is 12.1 Å². The first-order valence-electron chi connectivity index (χ1n) is 11.1. The van der Waals surface area contributed by atoms with Crippen LogP contribution in [-0.2, 0) is 4.79 Å². The maximum atomic E-state index is 12.8.